The van der Waals surface area contributed by atoms with Crippen LogP contribution in [0.2, 0.25) is 5.02 Å². The van der Waals surface area contributed by atoms with Gasteiger partial charge in [-0.15, -0.1) is 24.0 Å². The Hall–Kier alpha value is -2.41. The monoisotopic (exact) mass is 552 g/mol. The van der Waals surface area contributed by atoms with Gasteiger partial charge in [-0.25, -0.2) is 4.98 Å². The van der Waals surface area contributed by atoms with Gasteiger partial charge < -0.3 is 19.8 Å². The number of hydrogen-bond acceptors (Lipinski definition) is 5. The van der Waals surface area contributed by atoms with Crippen LogP contribution in [0.3, 0.4) is 0 Å². The number of hydrogen-bond donors (Lipinski definition) is 3. The van der Waals surface area contributed by atoms with Gasteiger partial charge in [0.2, 0.25) is 5.82 Å². The highest BCUT2D eigenvalue weighted by molar-refractivity contribution is 14.0. The van der Waals surface area contributed by atoms with Gasteiger partial charge in [-0.1, -0.05) is 11.6 Å². The molecule has 0 saturated carbocycles. The van der Waals surface area contributed by atoms with E-state index in [0.29, 0.717) is 46.9 Å². The SMILES string of the molecule is CN=C(NCCc1nc(-c2ccco2)n[nH]1)NCc1cc(Cl)ccc1OC(F)F.I. The molecule has 12 heteroatoms. The molecule has 0 aliphatic rings. The summed E-state index contributed by atoms with van der Waals surface area (Å²) in [5.41, 5.74) is 0.485. The number of H-pyrrole nitrogens is 1. The number of rotatable bonds is 8. The second-order valence-electron chi connectivity index (χ2n) is 5.82. The molecule has 0 bridgehead atoms. The maximum atomic E-state index is 12.6. The average Bonchev–Trinajstić information content (AvgIpc) is 3.37. The molecule has 2 aromatic heterocycles. The minimum absolute atomic E-state index is 0. The molecule has 0 spiro atoms. The van der Waals surface area contributed by atoms with Gasteiger partial charge in [-0.05, 0) is 30.3 Å². The summed E-state index contributed by atoms with van der Waals surface area (Å²) < 4.78 is 34.9. The van der Waals surface area contributed by atoms with E-state index in [9.17, 15) is 8.78 Å². The number of aromatic nitrogens is 3. The fourth-order valence-corrected chi connectivity index (χ4v) is 2.71. The van der Waals surface area contributed by atoms with Crippen molar-refractivity contribution in [2.24, 2.45) is 4.99 Å². The molecule has 3 aromatic rings. The molecular weight excluding hydrogens is 533 g/mol. The predicted molar refractivity (Wildman–Crippen MR) is 119 cm³/mol. The number of nitrogens with zero attached hydrogens (tertiary/aromatic N) is 3. The zero-order valence-electron chi connectivity index (χ0n) is 15.9. The Kier molecular flexibility index (Phi) is 9.30. The van der Waals surface area contributed by atoms with Gasteiger partial charge in [0.25, 0.3) is 0 Å². The van der Waals surface area contributed by atoms with Crippen molar-refractivity contribution in [3.8, 4) is 17.3 Å². The third kappa shape index (κ3) is 6.83. The van der Waals surface area contributed by atoms with Crippen LogP contribution >= 0.6 is 35.6 Å². The van der Waals surface area contributed by atoms with Crippen LogP contribution in [0.25, 0.3) is 11.6 Å². The van der Waals surface area contributed by atoms with E-state index in [2.05, 4.69) is 35.5 Å². The van der Waals surface area contributed by atoms with Crippen molar-refractivity contribution in [1.29, 1.82) is 0 Å². The number of aliphatic imine (C=N–C) groups is 1. The lowest BCUT2D eigenvalue weighted by Gasteiger charge is -2.14. The first-order chi connectivity index (χ1) is 14.0. The van der Waals surface area contributed by atoms with E-state index in [1.807, 2.05) is 0 Å². The van der Waals surface area contributed by atoms with E-state index in [1.54, 1.807) is 31.5 Å². The summed E-state index contributed by atoms with van der Waals surface area (Å²) in [6.07, 6.45) is 2.12. The molecule has 2 heterocycles. The fourth-order valence-electron chi connectivity index (χ4n) is 2.52. The summed E-state index contributed by atoms with van der Waals surface area (Å²) in [6.45, 7) is -2.20. The van der Waals surface area contributed by atoms with Crippen LogP contribution in [-0.2, 0) is 13.0 Å². The summed E-state index contributed by atoms with van der Waals surface area (Å²) in [5, 5.41) is 13.5. The summed E-state index contributed by atoms with van der Waals surface area (Å²) in [5.74, 6) is 2.29. The van der Waals surface area contributed by atoms with E-state index >= 15 is 0 Å². The van der Waals surface area contributed by atoms with Crippen LogP contribution in [0.4, 0.5) is 8.78 Å². The standard InChI is InChI=1S/C18H19ClF2N6O2.HI/c1-22-18(24-10-11-9-12(19)4-5-13(11)29-17(20)21)23-7-6-15-25-16(27-26-15)14-3-2-8-28-14;/h2-5,8-9,17H,6-7,10H2,1H3,(H2,22,23,24)(H,25,26,27);1H. The first kappa shape index (κ1) is 23.9. The van der Waals surface area contributed by atoms with E-state index in [4.69, 9.17) is 16.0 Å². The van der Waals surface area contributed by atoms with Crippen molar-refractivity contribution < 1.29 is 17.9 Å². The van der Waals surface area contributed by atoms with Gasteiger partial charge >= 0.3 is 6.61 Å². The van der Waals surface area contributed by atoms with Crippen molar-refractivity contribution in [1.82, 2.24) is 25.8 Å². The lowest BCUT2D eigenvalue weighted by Crippen LogP contribution is -2.38. The maximum Gasteiger partial charge on any atom is 0.387 e. The molecule has 0 aliphatic heterocycles. The molecule has 0 radical (unpaired) electrons. The lowest BCUT2D eigenvalue weighted by atomic mass is 10.2. The molecule has 8 nitrogen and oxygen atoms in total. The minimum atomic E-state index is -2.92. The van der Waals surface area contributed by atoms with Gasteiger partial charge in [0.1, 0.15) is 11.6 Å². The normalized spacial score (nSPS) is 11.3. The minimum Gasteiger partial charge on any atom is -0.461 e. The molecule has 0 saturated heterocycles. The molecule has 0 aliphatic carbocycles. The van der Waals surface area contributed by atoms with Gasteiger partial charge in [0, 0.05) is 37.1 Å². The number of benzene rings is 1. The maximum absolute atomic E-state index is 12.6. The Balaban J connectivity index is 0.00000320. The summed E-state index contributed by atoms with van der Waals surface area (Å²) >= 11 is 5.95. The van der Waals surface area contributed by atoms with Crippen LogP contribution in [0.15, 0.2) is 46.0 Å². The fraction of sp³-hybridized carbons (Fsp3) is 0.278. The first-order valence-corrected chi connectivity index (χ1v) is 9.06. The van der Waals surface area contributed by atoms with E-state index in [0.717, 1.165) is 0 Å². The molecular formula is C18H20ClF2IN6O2. The number of halogens is 4. The molecule has 0 unspecified atom stereocenters. The molecule has 3 rings (SSSR count). The van der Waals surface area contributed by atoms with Crippen LogP contribution in [0, 0.1) is 0 Å². The third-order valence-corrected chi connectivity index (χ3v) is 4.07. The highest BCUT2D eigenvalue weighted by Crippen LogP contribution is 2.24. The van der Waals surface area contributed by atoms with Gasteiger partial charge in [0.15, 0.2) is 11.7 Å². The molecule has 0 amide bonds. The van der Waals surface area contributed by atoms with Crippen molar-refractivity contribution in [2.45, 2.75) is 19.6 Å². The Labute approximate surface area is 193 Å². The van der Waals surface area contributed by atoms with E-state index in [-0.39, 0.29) is 36.3 Å². The highest BCUT2D eigenvalue weighted by Gasteiger charge is 2.11. The Morgan fingerprint density at radius 3 is 2.87 bits per heavy atom. The van der Waals surface area contributed by atoms with Crippen LogP contribution in [0.5, 0.6) is 5.75 Å². The number of guanidine groups is 1. The van der Waals surface area contributed by atoms with Gasteiger partial charge in [-0.2, -0.15) is 13.9 Å². The van der Waals surface area contributed by atoms with Crippen LogP contribution < -0.4 is 15.4 Å². The molecule has 30 heavy (non-hydrogen) atoms. The number of alkyl halides is 2. The first-order valence-electron chi connectivity index (χ1n) is 8.68. The second-order valence-corrected chi connectivity index (χ2v) is 6.25. The van der Waals surface area contributed by atoms with Crippen molar-refractivity contribution in [2.75, 3.05) is 13.6 Å². The quantitative estimate of drug-likeness (QED) is 0.223. The third-order valence-electron chi connectivity index (χ3n) is 3.84. The molecule has 1 aromatic carbocycles. The van der Waals surface area contributed by atoms with Crippen molar-refractivity contribution in [3.05, 3.63) is 53.0 Å². The van der Waals surface area contributed by atoms with E-state index < -0.39 is 6.61 Å². The van der Waals surface area contributed by atoms with Crippen molar-refractivity contribution in [3.63, 3.8) is 0 Å². The zero-order chi connectivity index (χ0) is 20.6. The second kappa shape index (κ2) is 11.7. The number of furan rings is 1. The average molecular weight is 553 g/mol. The number of aromatic amines is 1. The smallest absolute Gasteiger partial charge is 0.387 e. The number of ether oxygens (including phenoxy) is 1. The highest BCUT2D eigenvalue weighted by atomic mass is 127. The molecule has 3 N–H and O–H groups in total. The summed E-state index contributed by atoms with van der Waals surface area (Å²) in [4.78, 5) is 8.46. The Bertz CT molecular complexity index is 952. The molecule has 0 atom stereocenters. The van der Waals surface area contributed by atoms with E-state index in [1.165, 1.54) is 12.1 Å². The van der Waals surface area contributed by atoms with Crippen LogP contribution in [0.1, 0.15) is 11.4 Å². The molecule has 162 valence electrons. The summed E-state index contributed by atoms with van der Waals surface area (Å²) in [6, 6.07) is 8.00. The Morgan fingerprint density at radius 2 is 2.17 bits per heavy atom. The zero-order valence-corrected chi connectivity index (χ0v) is 18.9. The van der Waals surface area contributed by atoms with Crippen LogP contribution in [-0.4, -0.2) is 41.3 Å². The number of nitrogens with one attached hydrogen (secondary N) is 3. The van der Waals surface area contributed by atoms with Gasteiger partial charge in [-0.3, -0.25) is 10.1 Å². The summed E-state index contributed by atoms with van der Waals surface area (Å²) in [7, 11) is 1.60. The van der Waals surface area contributed by atoms with Crippen molar-refractivity contribution >= 4 is 41.5 Å². The lowest BCUT2D eigenvalue weighted by molar-refractivity contribution is -0.0504. The predicted octanol–water partition coefficient (Wildman–Crippen LogP) is 3.85. The largest absolute Gasteiger partial charge is 0.461 e. The Morgan fingerprint density at radius 1 is 1.33 bits per heavy atom. The topological polar surface area (TPSA) is 100 Å². The van der Waals surface area contributed by atoms with Gasteiger partial charge in [0.05, 0.1) is 6.26 Å². The molecule has 0 fully saturated rings.